The number of carbonyl (C=O) groups excluding carboxylic acids is 1. The van der Waals surface area contributed by atoms with Crippen LogP contribution in [0.4, 0.5) is 0 Å². The standard InChI is InChI=1S/C28H27N3O2/c1-15-21-7-6-18(28(32)31-14-20-9-19-11-22(31)25(19)20)12-24(21)33-26(15)23-10-17-3-2-8-29-27(17)30(23)13-16-4-5-16/h2-3,6-8,10,12,16,19-20,22,25H,4-5,9,11,13-14H2,1H3/t19?,20?,22?,25-/m1/s1. The molecular weight excluding hydrogens is 410 g/mol. The van der Waals surface area contributed by atoms with Gasteiger partial charge in [-0.1, -0.05) is 6.07 Å². The highest BCUT2D eigenvalue weighted by molar-refractivity contribution is 5.99. The Morgan fingerprint density at radius 3 is 2.88 bits per heavy atom. The second-order valence-corrected chi connectivity index (χ2v) is 10.9. The van der Waals surface area contributed by atoms with E-state index in [1.54, 1.807) is 0 Å². The van der Waals surface area contributed by atoms with E-state index in [9.17, 15) is 4.79 Å². The Kier molecular flexibility index (Phi) is 3.49. The molecule has 4 heterocycles. The van der Waals surface area contributed by atoms with Crippen LogP contribution in [0.2, 0.25) is 0 Å². The van der Waals surface area contributed by atoms with Gasteiger partial charge in [0.25, 0.3) is 5.91 Å². The molecule has 5 heteroatoms. The molecule has 1 amide bonds. The molecule has 3 aliphatic carbocycles. The maximum absolute atomic E-state index is 13.4. The molecule has 4 fully saturated rings. The quantitative estimate of drug-likeness (QED) is 0.415. The van der Waals surface area contributed by atoms with Crippen molar-refractivity contribution in [2.45, 2.75) is 45.2 Å². The molecule has 1 saturated heterocycles. The molecule has 1 aromatic carbocycles. The molecule has 166 valence electrons. The van der Waals surface area contributed by atoms with E-state index in [0.717, 1.165) is 81.3 Å². The third-order valence-corrected chi connectivity index (χ3v) is 8.99. The molecule has 0 spiro atoms. The average Bonchev–Trinajstić information content (AvgIpc) is 3.48. The van der Waals surface area contributed by atoms with Crippen LogP contribution in [-0.2, 0) is 6.54 Å². The van der Waals surface area contributed by atoms with Crippen LogP contribution in [0.3, 0.4) is 0 Å². The third kappa shape index (κ3) is 2.48. The van der Waals surface area contributed by atoms with Crippen LogP contribution in [0.25, 0.3) is 33.5 Å². The van der Waals surface area contributed by atoms with E-state index in [-0.39, 0.29) is 5.91 Å². The van der Waals surface area contributed by atoms with Gasteiger partial charge in [-0.25, -0.2) is 4.98 Å². The van der Waals surface area contributed by atoms with E-state index >= 15 is 0 Å². The fourth-order valence-corrected chi connectivity index (χ4v) is 6.99. The Morgan fingerprint density at radius 1 is 1.15 bits per heavy atom. The largest absolute Gasteiger partial charge is 0.454 e. The number of hydrogen-bond donors (Lipinski definition) is 0. The number of hydrogen-bond acceptors (Lipinski definition) is 3. The summed E-state index contributed by atoms with van der Waals surface area (Å²) in [5.41, 5.74) is 4.81. The lowest BCUT2D eigenvalue weighted by molar-refractivity contribution is -0.0204. The SMILES string of the molecule is Cc1c(-c2cc3cccnc3n2CC2CC2)oc2cc(C(=O)N3CC4CC5CC3[C@H]54)ccc12. The van der Waals surface area contributed by atoms with Crippen molar-refractivity contribution in [2.75, 3.05) is 6.54 Å². The Balaban J connectivity index is 1.20. The number of furan rings is 1. The van der Waals surface area contributed by atoms with E-state index in [2.05, 4.69) is 39.6 Å². The van der Waals surface area contributed by atoms with E-state index in [1.165, 1.54) is 25.7 Å². The summed E-state index contributed by atoms with van der Waals surface area (Å²) in [5.74, 6) is 4.24. The molecule has 5 nitrogen and oxygen atoms in total. The number of carbonyl (C=O) groups is 1. The lowest BCUT2D eigenvalue weighted by Crippen LogP contribution is -2.53. The lowest BCUT2D eigenvalue weighted by atomic mass is 9.53. The maximum Gasteiger partial charge on any atom is 0.254 e. The summed E-state index contributed by atoms with van der Waals surface area (Å²) < 4.78 is 8.81. The van der Waals surface area contributed by atoms with Gasteiger partial charge in [0.05, 0.1) is 5.69 Å². The number of nitrogens with zero attached hydrogens (tertiary/aromatic N) is 3. The Labute approximate surface area is 192 Å². The molecule has 8 rings (SSSR count). The molecule has 0 N–H and O–H groups in total. The Bertz CT molecular complexity index is 1460. The molecular formula is C28H27N3O2. The predicted octanol–water partition coefficient (Wildman–Crippen LogP) is 5.65. The summed E-state index contributed by atoms with van der Waals surface area (Å²) in [5, 5.41) is 2.23. The van der Waals surface area contributed by atoms with Gasteiger partial charge in [-0.15, -0.1) is 0 Å². The molecule has 0 bridgehead atoms. The van der Waals surface area contributed by atoms with Gasteiger partial charge in [0.2, 0.25) is 0 Å². The van der Waals surface area contributed by atoms with Crippen LogP contribution in [0.1, 0.15) is 41.6 Å². The van der Waals surface area contributed by atoms with Crippen LogP contribution >= 0.6 is 0 Å². The number of amides is 1. The normalized spacial score (nSPS) is 27.6. The van der Waals surface area contributed by atoms with E-state index in [4.69, 9.17) is 4.42 Å². The summed E-state index contributed by atoms with van der Waals surface area (Å²) in [7, 11) is 0. The van der Waals surface area contributed by atoms with Gasteiger partial charge in [-0.05, 0) is 86.6 Å². The minimum Gasteiger partial charge on any atom is -0.454 e. The van der Waals surface area contributed by atoms with Crippen LogP contribution in [0, 0.1) is 30.6 Å². The predicted molar refractivity (Wildman–Crippen MR) is 127 cm³/mol. The smallest absolute Gasteiger partial charge is 0.254 e. The maximum atomic E-state index is 13.4. The van der Waals surface area contributed by atoms with Crippen molar-refractivity contribution in [3.63, 3.8) is 0 Å². The van der Waals surface area contributed by atoms with Crippen molar-refractivity contribution in [2.24, 2.45) is 23.7 Å². The van der Waals surface area contributed by atoms with Crippen molar-refractivity contribution >= 4 is 27.9 Å². The number of aryl methyl sites for hydroxylation is 1. The Hall–Kier alpha value is -3.08. The molecule has 0 radical (unpaired) electrons. The first-order chi connectivity index (χ1) is 16.2. The molecule has 4 aromatic rings. The van der Waals surface area contributed by atoms with Gasteiger partial charge in [0.15, 0.2) is 5.76 Å². The number of likely N-dealkylation sites (tertiary alicyclic amines) is 1. The van der Waals surface area contributed by atoms with Crippen molar-refractivity contribution in [3.8, 4) is 11.5 Å². The average molecular weight is 438 g/mol. The van der Waals surface area contributed by atoms with Crippen molar-refractivity contribution in [1.82, 2.24) is 14.5 Å². The summed E-state index contributed by atoms with van der Waals surface area (Å²) in [6.45, 7) is 4.05. The van der Waals surface area contributed by atoms with E-state index in [0.29, 0.717) is 6.04 Å². The van der Waals surface area contributed by atoms with E-state index < -0.39 is 0 Å². The van der Waals surface area contributed by atoms with Gasteiger partial charge >= 0.3 is 0 Å². The first-order valence-corrected chi connectivity index (χ1v) is 12.4. The topological polar surface area (TPSA) is 51.3 Å². The summed E-state index contributed by atoms with van der Waals surface area (Å²) in [6.07, 6.45) is 6.98. The van der Waals surface area contributed by atoms with Crippen LogP contribution in [-0.4, -0.2) is 32.9 Å². The minimum atomic E-state index is 0.178. The van der Waals surface area contributed by atoms with Crippen molar-refractivity contribution < 1.29 is 9.21 Å². The third-order valence-electron chi connectivity index (χ3n) is 8.99. The van der Waals surface area contributed by atoms with Gasteiger partial charge in [0.1, 0.15) is 11.2 Å². The van der Waals surface area contributed by atoms with Gasteiger partial charge in [-0.3, -0.25) is 4.79 Å². The zero-order chi connectivity index (χ0) is 21.8. The van der Waals surface area contributed by atoms with Crippen LogP contribution in [0.15, 0.2) is 47.0 Å². The molecule has 3 aromatic heterocycles. The Morgan fingerprint density at radius 2 is 2.06 bits per heavy atom. The van der Waals surface area contributed by atoms with Crippen molar-refractivity contribution in [1.29, 1.82) is 0 Å². The van der Waals surface area contributed by atoms with Gasteiger partial charge in [-0.2, -0.15) is 0 Å². The first-order valence-electron chi connectivity index (χ1n) is 12.4. The molecule has 3 saturated carbocycles. The molecule has 1 aliphatic heterocycles. The fourth-order valence-electron chi connectivity index (χ4n) is 6.99. The van der Waals surface area contributed by atoms with Crippen molar-refractivity contribution in [3.05, 3.63) is 53.7 Å². The first kappa shape index (κ1) is 18.4. The summed E-state index contributed by atoms with van der Waals surface area (Å²) in [4.78, 5) is 20.2. The van der Waals surface area contributed by atoms with Gasteiger partial charge < -0.3 is 13.9 Å². The highest BCUT2D eigenvalue weighted by atomic mass is 16.3. The monoisotopic (exact) mass is 437 g/mol. The second kappa shape index (κ2) is 6.28. The number of rotatable bonds is 4. The second-order valence-electron chi connectivity index (χ2n) is 10.9. The number of benzene rings is 1. The fraction of sp³-hybridized carbons (Fsp3) is 0.429. The number of fused-ring (bicyclic) bond motifs is 2. The highest BCUT2D eigenvalue weighted by Crippen LogP contribution is 2.60. The zero-order valence-corrected chi connectivity index (χ0v) is 18.8. The van der Waals surface area contributed by atoms with Crippen LogP contribution < -0.4 is 0 Å². The molecule has 3 unspecified atom stereocenters. The summed E-state index contributed by atoms with van der Waals surface area (Å²) >= 11 is 0. The number of aromatic nitrogens is 2. The van der Waals surface area contributed by atoms with E-state index in [1.807, 2.05) is 24.4 Å². The lowest BCUT2D eigenvalue weighted by Gasteiger charge is -2.52. The molecule has 4 aliphatic rings. The summed E-state index contributed by atoms with van der Waals surface area (Å²) in [6, 6.07) is 12.8. The zero-order valence-electron chi connectivity index (χ0n) is 18.8. The minimum absolute atomic E-state index is 0.178. The highest BCUT2D eigenvalue weighted by Gasteiger charge is 2.61. The van der Waals surface area contributed by atoms with Gasteiger partial charge in [0, 0.05) is 47.2 Å². The molecule has 4 atom stereocenters. The number of pyridine rings is 1. The van der Waals surface area contributed by atoms with Crippen LogP contribution in [0.5, 0.6) is 0 Å². The molecule has 33 heavy (non-hydrogen) atoms.